The largest absolute Gasteiger partial charge is 0.478 e. The molecule has 0 heterocycles. The molecule has 0 spiro atoms. The van der Waals surface area contributed by atoms with Gasteiger partial charge < -0.3 is 15.7 Å². The lowest BCUT2D eigenvalue weighted by Crippen LogP contribution is -2.14. The Morgan fingerprint density at radius 1 is 0.767 bits per heavy atom. The van der Waals surface area contributed by atoms with E-state index in [9.17, 15) is 14.4 Å². The zero-order chi connectivity index (χ0) is 21.5. The van der Waals surface area contributed by atoms with Gasteiger partial charge in [0.2, 0.25) is 5.91 Å². The third-order valence-corrected chi connectivity index (χ3v) is 5.22. The van der Waals surface area contributed by atoms with Crippen LogP contribution in [0.5, 0.6) is 0 Å². The van der Waals surface area contributed by atoms with E-state index in [0.29, 0.717) is 16.9 Å². The van der Waals surface area contributed by atoms with Crippen LogP contribution in [0.2, 0.25) is 0 Å². The molecule has 3 aromatic rings. The minimum Gasteiger partial charge on any atom is -0.478 e. The molecule has 0 aromatic heterocycles. The predicted molar refractivity (Wildman–Crippen MR) is 118 cm³/mol. The number of benzene rings is 3. The number of hydrogen-bond donors (Lipinski definition) is 3. The number of carbonyl (C=O) groups excluding carboxylic acids is 2. The maximum absolute atomic E-state index is 12.3. The van der Waals surface area contributed by atoms with Gasteiger partial charge in [-0.2, -0.15) is 0 Å². The zero-order valence-corrected chi connectivity index (χ0v) is 17.0. The number of aromatic carboxylic acids is 1. The molecule has 0 fully saturated rings. The summed E-state index contributed by atoms with van der Waals surface area (Å²) in [6.45, 7) is 1.97. The van der Waals surface area contributed by atoms with Crippen LogP contribution in [0.4, 0.5) is 11.4 Å². The third-order valence-electron chi connectivity index (χ3n) is 4.21. The highest BCUT2D eigenvalue weighted by Gasteiger charge is 2.08. The van der Waals surface area contributed by atoms with Crippen LogP contribution in [0.25, 0.3) is 0 Å². The minimum absolute atomic E-state index is 0.164. The fourth-order valence-electron chi connectivity index (χ4n) is 2.58. The minimum atomic E-state index is -1.01. The van der Waals surface area contributed by atoms with E-state index < -0.39 is 5.97 Å². The lowest BCUT2D eigenvalue weighted by Gasteiger charge is -2.08. The van der Waals surface area contributed by atoms with Crippen LogP contribution in [-0.4, -0.2) is 28.6 Å². The molecule has 3 aromatic carbocycles. The summed E-state index contributed by atoms with van der Waals surface area (Å²) in [5.74, 6) is -1.18. The molecule has 3 N–H and O–H groups in total. The molecule has 0 radical (unpaired) electrons. The number of rotatable bonds is 7. The molecule has 152 valence electrons. The Labute approximate surface area is 178 Å². The van der Waals surface area contributed by atoms with Crippen molar-refractivity contribution < 1.29 is 19.5 Å². The number of hydrogen-bond acceptors (Lipinski definition) is 4. The molecule has 3 rings (SSSR count). The lowest BCUT2D eigenvalue weighted by atomic mass is 10.1. The van der Waals surface area contributed by atoms with Gasteiger partial charge in [0.05, 0.1) is 11.3 Å². The average molecular weight is 420 g/mol. The molecule has 0 aliphatic rings. The summed E-state index contributed by atoms with van der Waals surface area (Å²) >= 11 is 1.36. The Hall–Kier alpha value is -3.58. The summed E-state index contributed by atoms with van der Waals surface area (Å²) in [4.78, 5) is 36.1. The van der Waals surface area contributed by atoms with Gasteiger partial charge in [0.1, 0.15) is 0 Å². The first kappa shape index (κ1) is 21.1. The molecule has 0 aliphatic heterocycles. The molecular formula is C23H20N2O4S. The quantitative estimate of drug-likeness (QED) is 0.483. The van der Waals surface area contributed by atoms with Crippen LogP contribution in [0.3, 0.4) is 0 Å². The number of carboxylic acid groups (broad SMARTS) is 1. The summed E-state index contributed by atoms with van der Waals surface area (Å²) in [5, 5.41) is 14.5. The molecule has 0 atom stereocenters. The molecule has 0 bridgehead atoms. The Kier molecular flexibility index (Phi) is 6.87. The first-order valence-corrected chi connectivity index (χ1v) is 10.1. The fourth-order valence-corrected chi connectivity index (χ4v) is 3.28. The van der Waals surface area contributed by atoms with Gasteiger partial charge in [-0.25, -0.2) is 4.79 Å². The van der Waals surface area contributed by atoms with Crippen molar-refractivity contribution in [2.45, 2.75) is 11.8 Å². The van der Waals surface area contributed by atoms with Crippen molar-refractivity contribution in [2.24, 2.45) is 0 Å². The van der Waals surface area contributed by atoms with Crippen molar-refractivity contribution in [3.8, 4) is 0 Å². The number of nitrogens with one attached hydrogen (secondary N) is 2. The molecule has 7 heteroatoms. The number of amides is 2. The van der Waals surface area contributed by atoms with E-state index in [2.05, 4.69) is 10.6 Å². The van der Waals surface area contributed by atoms with Gasteiger partial charge in [0.15, 0.2) is 0 Å². The lowest BCUT2D eigenvalue weighted by molar-refractivity contribution is -0.113. The maximum Gasteiger partial charge on any atom is 0.335 e. The number of thioether (sulfide) groups is 1. The molecule has 6 nitrogen and oxygen atoms in total. The summed E-state index contributed by atoms with van der Waals surface area (Å²) in [6.07, 6.45) is 0. The fraction of sp³-hybridized carbons (Fsp3) is 0.0870. The first-order chi connectivity index (χ1) is 14.4. The Morgan fingerprint density at radius 3 is 1.90 bits per heavy atom. The van der Waals surface area contributed by atoms with Crippen molar-refractivity contribution in [1.29, 1.82) is 0 Å². The van der Waals surface area contributed by atoms with Crippen LogP contribution < -0.4 is 10.6 Å². The van der Waals surface area contributed by atoms with Gasteiger partial charge in [-0.05, 0) is 67.6 Å². The molecular weight excluding hydrogens is 400 g/mol. The van der Waals surface area contributed by atoms with E-state index in [1.54, 1.807) is 36.4 Å². The second-order valence-electron chi connectivity index (χ2n) is 6.56. The molecule has 0 saturated carbocycles. The second-order valence-corrected chi connectivity index (χ2v) is 7.61. The SMILES string of the molecule is Cc1ccc(C(=O)Nc2ccc(SCC(=O)Nc3ccc(C(=O)O)cc3)cc2)cc1. The third kappa shape index (κ3) is 5.96. The normalized spacial score (nSPS) is 10.3. The molecule has 0 unspecified atom stereocenters. The molecule has 0 aliphatic carbocycles. The Bertz CT molecular complexity index is 1050. The number of carbonyl (C=O) groups is 3. The van der Waals surface area contributed by atoms with Gasteiger partial charge in [0, 0.05) is 21.8 Å². The van der Waals surface area contributed by atoms with Crippen molar-refractivity contribution >= 4 is 40.9 Å². The van der Waals surface area contributed by atoms with Crippen molar-refractivity contribution in [2.75, 3.05) is 16.4 Å². The van der Waals surface area contributed by atoms with E-state index in [-0.39, 0.29) is 23.1 Å². The van der Waals surface area contributed by atoms with E-state index in [1.165, 1.54) is 23.9 Å². The number of carboxylic acids is 1. The van der Waals surface area contributed by atoms with Crippen molar-refractivity contribution in [3.63, 3.8) is 0 Å². The summed E-state index contributed by atoms with van der Waals surface area (Å²) in [6, 6.07) is 20.6. The second kappa shape index (κ2) is 9.76. The summed E-state index contributed by atoms with van der Waals surface area (Å²) in [7, 11) is 0. The highest BCUT2D eigenvalue weighted by atomic mass is 32.2. The van der Waals surface area contributed by atoms with Crippen molar-refractivity contribution in [3.05, 3.63) is 89.5 Å². The van der Waals surface area contributed by atoms with E-state index in [0.717, 1.165) is 10.5 Å². The van der Waals surface area contributed by atoms with Crippen LogP contribution >= 0.6 is 11.8 Å². The van der Waals surface area contributed by atoms with Crippen molar-refractivity contribution in [1.82, 2.24) is 0 Å². The van der Waals surface area contributed by atoms with Crippen LogP contribution in [0.15, 0.2) is 77.7 Å². The molecule has 2 amide bonds. The summed E-state index contributed by atoms with van der Waals surface area (Å²) in [5.41, 5.74) is 3.06. The summed E-state index contributed by atoms with van der Waals surface area (Å²) < 4.78 is 0. The maximum atomic E-state index is 12.3. The Morgan fingerprint density at radius 2 is 1.30 bits per heavy atom. The van der Waals surface area contributed by atoms with Crippen LogP contribution in [-0.2, 0) is 4.79 Å². The average Bonchev–Trinajstić information content (AvgIpc) is 2.74. The van der Waals surface area contributed by atoms with E-state index in [4.69, 9.17) is 5.11 Å². The van der Waals surface area contributed by atoms with Gasteiger partial charge in [-0.3, -0.25) is 9.59 Å². The highest BCUT2D eigenvalue weighted by Crippen LogP contribution is 2.21. The zero-order valence-electron chi connectivity index (χ0n) is 16.2. The smallest absolute Gasteiger partial charge is 0.335 e. The van der Waals surface area contributed by atoms with Crippen LogP contribution in [0, 0.1) is 6.92 Å². The van der Waals surface area contributed by atoms with E-state index >= 15 is 0 Å². The van der Waals surface area contributed by atoms with Gasteiger partial charge >= 0.3 is 5.97 Å². The number of aryl methyl sites for hydroxylation is 1. The van der Waals surface area contributed by atoms with Gasteiger partial charge in [-0.1, -0.05) is 17.7 Å². The van der Waals surface area contributed by atoms with Gasteiger partial charge in [0.25, 0.3) is 5.91 Å². The van der Waals surface area contributed by atoms with Gasteiger partial charge in [-0.15, -0.1) is 11.8 Å². The standard InChI is InChI=1S/C23H20N2O4S/c1-15-2-4-16(5-3-15)22(27)25-19-10-12-20(13-11-19)30-14-21(26)24-18-8-6-17(7-9-18)23(28)29/h2-13H,14H2,1H3,(H,24,26)(H,25,27)(H,28,29). The highest BCUT2D eigenvalue weighted by molar-refractivity contribution is 8.00. The topological polar surface area (TPSA) is 95.5 Å². The predicted octanol–water partition coefficient (Wildman–Crippen LogP) is 4.68. The molecule has 30 heavy (non-hydrogen) atoms. The van der Waals surface area contributed by atoms with E-state index in [1.807, 2.05) is 31.2 Å². The Balaban J connectivity index is 1.49. The number of anilines is 2. The van der Waals surface area contributed by atoms with Crippen LogP contribution in [0.1, 0.15) is 26.3 Å². The first-order valence-electron chi connectivity index (χ1n) is 9.15. The monoisotopic (exact) mass is 420 g/mol. The molecule has 0 saturated heterocycles.